The zero-order valence-corrected chi connectivity index (χ0v) is 13.2. The first-order chi connectivity index (χ1) is 10.5. The van der Waals surface area contributed by atoms with Crippen molar-refractivity contribution < 1.29 is 4.74 Å². The molecule has 5 nitrogen and oxygen atoms in total. The van der Waals surface area contributed by atoms with Gasteiger partial charge in [-0.3, -0.25) is 4.79 Å². The summed E-state index contributed by atoms with van der Waals surface area (Å²) in [6.07, 6.45) is 1.81. The van der Waals surface area contributed by atoms with Gasteiger partial charge in [0.25, 0.3) is 5.56 Å². The number of aromatic amines is 1. The normalized spacial score (nSPS) is 10.0. The Bertz CT molecular complexity index is 789. The standard InChI is InChI=1S/C16H15N3O2S/c1-10(2)9-21-12-6-4-11(5-7-12)14-13(8-17)15(20)19-16(18-14)22-3/h4-7H,1,9H2,2-3H3,(H,18,19,20). The van der Waals surface area contributed by atoms with E-state index in [9.17, 15) is 10.1 Å². The van der Waals surface area contributed by atoms with Gasteiger partial charge in [-0.25, -0.2) is 4.98 Å². The number of aromatic nitrogens is 2. The first-order valence-corrected chi connectivity index (χ1v) is 7.73. The summed E-state index contributed by atoms with van der Waals surface area (Å²) < 4.78 is 5.53. The molecule has 1 heterocycles. The van der Waals surface area contributed by atoms with Crippen LogP contribution in [0.25, 0.3) is 11.3 Å². The number of rotatable bonds is 5. The second kappa shape index (κ2) is 6.96. The lowest BCUT2D eigenvalue weighted by Crippen LogP contribution is -2.14. The first-order valence-electron chi connectivity index (χ1n) is 6.51. The van der Waals surface area contributed by atoms with Gasteiger partial charge < -0.3 is 9.72 Å². The Morgan fingerprint density at radius 1 is 1.45 bits per heavy atom. The molecule has 0 unspecified atom stereocenters. The Balaban J connectivity index is 2.40. The van der Waals surface area contributed by atoms with Gasteiger partial charge in [0.05, 0.1) is 5.69 Å². The molecule has 1 N–H and O–H groups in total. The van der Waals surface area contributed by atoms with Gasteiger partial charge in [0.2, 0.25) is 0 Å². The van der Waals surface area contributed by atoms with E-state index >= 15 is 0 Å². The van der Waals surface area contributed by atoms with Crippen LogP contribution in [0.5, 0.6) is 5.75 Å². The minimum atomic E-state index is -0.431. The highest BCUT2D eigenvalue weighted by atomic mass is 32.2. The topological polar surface area (TPSA) is 78.8 Å². The zero-order valence-electron chi connectivity index (χ0n) is 12.3. The fraction of sp³-hybridized carbons (Fsp3) is 0.188. The molecule has 0 fully saturated rings. The van der Waals surface area contributed by atoms with Gasteiger partial charge in [0.15, 0.2) is 5.16 Å². The third-order valence-electron chi connectivity index (χ3n) is 2.82. The van der Waals surface area contributed by atoms with Crippen molar-refractivity contribution in [2.75, 3.05) is 12.9 Å². The highest BCUT2D eigenvalue weighted by Crippen LogP contribution is 2.23. The number of hydrogen-bond donors (Lipinski definition) is 1. The molecule has 112 valence electrons. The zero-order chi connectivity index (χ0) is 16.1. The molecule has 0 spiro atoms. The third kappa shape index (κ3) is 3.57. The van der Waals surface area contributed by atoms with E-state index in [4.69, 9.17) is 4.74 Å². The van der Waals surface area contributed by atoms with E-state index in [0.717, 1.165) is 5.57 Å². The number of nitriles is 1. The summed E-state index contributed by atoms with van der Waals surface area (Å²) >= 11 is 1.31. The van der Waals surface area contributed by atoms with Crippen molar-refractivity contribution in [3.05, 3.63) is 52.3 Å². The van der Waals surface area contributed by atoms with Crippen LogP contribution in [0.4, 0.5) is 0 Å². The smallest absolute Gasteiger partial charge is 0.270 e. The van der Waals surface area contributed by atoms with Crippen LogP contribution in [0.3, 0.4) is 0 Å². The van der Waals surface area contributed by atoms with Crippen LogP contribution in [-0.4, -0.2) is 22.8 Å². The molecule has 6 heteroatoms. The fourth-order valence-electron chi connectivity index (χ4n) is 1.78. The Hall–Kier alpha value is -2.52. The number of nitrogens with zero attached hydrogens (tertiary/aromatic N) is 2. The highest BCUT2D eigenvalue weighted by Gasteiger charge is 2.13. The maximum Gasteiger partial charge on any atom is 0.270 e. The molecule has 0 atom stereocenters. The highest BCUT2D eigenvalue weighted by molar-refractivity contribution is 7.98. The summed E-state index contributed by atoms with van der Waals surface area (Å²) in [6, 6.07) is 9.02. The number of nitrogens with one attached hydrogen (secondary N) is 1. The molecule has 0 bridgehead atoms. The molecule has 22 heavy (non-hydrogen) atoms. The van der Waals surface area contributed by atoms with E-state index in [-0.39, 0.29) is 5.56 Å². The van der Waals surface area contributed by atoms with E-state index in [1.54, 1.807) is 24.3 Å². The van der Waals surface area contributed by atoms with Gasteiger partial charge in [-0.05, 0) is 43.0 Å². The van der Waals surface area contributed by atoms with Crippen LogP contribution < -0.4 is 10.3 Å². The summed E-state index contributed by atoms with van der Waals surface area (Å²) in [6.45, 7) is 6.11. The van der Waals surface area contributed by atoms with Crippen LogP contribution in [0.15, 0.2) is 46.4 Å². The van der Waals surface area contributed by atoms with Crippen molar-refractivity contribution in [2.24, 2.45) is 0 Å². The van der Waals surface area contributed by atoms with Crippen molar-refractivity contribution in [3.8, 4) is 23.1 Å². The van der Waals surface area contributed by atoms with Crippen LogP contribution in [-0.2, 0) is 0 Å². The third-order valence-corrected chi connectivity index (χ3v) is 3.40. The molecule has 2 aromatic rings. The average molecular weight is 313 g/mol. The Kier molecular flexibility index (Phi) is 5.02. The lowest BCUT2D eigenvalue weighted by Gasteiger charge is -2.08. The predicted octanol–water partition coefficient (Wildman–Crippen LogP) is 2.99. The minimum absolute atomic E-state index is 0.00778. The van der Waals surface area contributed by atoms with E-state index in [1.807, 2.05) is 19.2 Å². The SMILES string of the molecule is C=C(C)COc1ccc(-c2nc(SC)[nH]c(=O)c2C#N)cc1. The van der Waals surface area contributed by atoms with E-state index in [1.165, 1.54) is 11.8 Å². The van der Waals surface area contributed by atoms with E-state index in [0.29, 0.717) is 28.8 Å². The van der Waals surface area contributed by atoms with Gasteiger partial charge in [0.1, 0.15) is 24.0 Å². The van der Waals surface area contributed by atoms with Gasteiger partial charge >= 0.3 is 0 Å². The van der Waals surface area contributed by atoms with E-state index < -0.39 is 5.56 Å². The average Bonchev–Trinajstić information content (AvgIpc) is 2.52. The van der Waals surface area contributed by atoms with Gasteiger partial charge in [0, 0.05) is 5.56 Å². The van der Waals surface area contributed by atoms with Gasteiger partial charge in [-0.2, -0.15) is 5.26 Å². The van der Waals surface area contributed by atoms with E-state index in [2.05, 4.69) is 16.5 Å². The van der Waals surface area contributed by atoms with Crippen LogP contribution in [0.2, 0.25) is 0 Å². The van der Waals surface area contributed by atoms with Crippen LogP contribution in [0, 0.1) is 11.3 Å². The number of thioether (sulfide) groups is 1. The molecule has 0 aliphatic carbocycles. The molecule has 0 amide bonds. The largest absolute Gasteiger partial charge is 0.489 e. The Labute approximate surface area is 132 Å². The quantitative estimate of drug-likeness (QED) is 0.521. The van der Waals surface area contributed by atoms with Crippen molar-refractivity contribution in [1.29, 1.82) is 5.26 Å². The number of hydrogen-bond acceptors (Lipinski definition) is 5. The summed E-state index contributed by atoms with van der Waals surface area (Å²) in [5.41, 5.74) is 1.58. The summed E-state index contributed by atoms with van der Waals surface area (Å²) in [5, 5.41) is 9.65. The fourth-order valence-corrected chi connectivity index (χ4v) is 2.15. The molecule has 0 radical (unpaired) electrons. The maximum absolute atomic E-state index is 11.9. The predicted molar refractivity (Wildman–Crippen MR) is 87.1 cm³/mol. The monoisotopic (exact) mass is 313 g/mol. The number of H-pyrrole nitrogens is 1. The maximum atomic E-state index is 11.9. The van der Waals surface area contributed by atoms with Gasteiger partial charge in [-0.15, -0.1) is 0 Å². The molecule has 2 rings (SSSR count). The summed E-state index contributed by atoms with van der Waals surface area (Å²) in [4.78, 5) is 18.8. The van der Waals surface area contributed by atoms with Gasteiger partial charge in [-0.1, -0.05) is 18.3 Å². The van der Waals surface area contributed by atoms with Crippen LogP contribution in [0.1, 0.15) is 12.5 Å². The minimum Gasteiger partial charge on any atom is -0.489 e. The van der Waals surface area contributed by atoms with Crippen molar-refractivity contribution >= 4 is 11.8 Å². The van der Waals surface area contributed by atoms with Crippen molar-refractivity contribution in [3.63, 3.8) is 0 Å². The second-order valence-electron chi connectivity index (χ2n) is 4.68. The molecule has 1 aromatic heterocycles. The molecule has 0 aliphatic rings. The molecule has 1 aromatic carbocycles. The lowest BCUT2D eigenvalue weighted by molar-refractivity contribution is 0.353. The molecule has 0 saturated heterocycles. The number of ether oxygens (including phenoxy) is 1. The van der Waals surface area contributed by atoms with Crippen molar-refractivity contribution in [1.82, 2.24) is 9.97 Å². The molecule has 0 saturated carbocycles. The summed E-state index contributed by atoms with van der Waals surface area (Å²) in [7, 11) is 0. The Morgan fingerprint density at radius 3 is 2.68 bits per heavy atom. The lowest BCUT2D eigenvalue weighted by atomic mass is 10.1. The molecular formula is C16H15N3O2S. The Morgan fingerprint density at radius 2 is 2.14 bits per heavy atom. The number of benzene rings is 1. The van der Waals surface area contributed by atoms with Crippen LogP contribution >= 0.6 is 11.8 Å². The van der Waals surface area contributed by atoms with Crippen molar-refractivity contribution in [2.45, 2.75) is 12.1 Å². The second-order valence-corrected chi connectivity index (χ2v) is 5.48. The first kappa shape index (κ1) is 15.9. The molecular weight excluding hydrogens is 298 g/mol. The summed E-state index contributed by atoms with van der Waals surface area (Å²) in [5.74, 6) is 0.695. The molecule has 0 aliphatic heterocycles.